The normalized spacial score (nSPS) is 16.7. The third-order valence-electron chi connectivity index (χ3n) is 10.7. The minimum atomic E-state index is -3.92. The van der Waals surface area contributed by atoms with Gasteiger partial charge in [0.05, 0.1) is 69.4 Å². The van der Waals surface area contributed by atoms with Crippen molar-refractivity contribution in [3.8, 4) is 5.75 Å². The van der Waals surface area contributed by atoms with E-state index in [0.717, 1.165) is 47.0 Å². The van der Waals surface area contributed by atoms with Crippen molar-refractivity contribution in [3.05, 3.63) is 133 Å². The largest absolute Gasteiger partial charge is 0.748 e. The van der Waals surface area contributed by atoms with Crippen molar-refractivity contribution >= 4 is 79.4 Å². The maximum absolute atomic E-state index is 13.7. The van der Waals surface area contributed by atoms with Gasteiger partial charge in [0.2, 0.25) is 12.3 Å². The molecule has 1 N–H and O–H groups in total. The highest BCUT2D eigenvalue weighted by Gasteiger charge is 2.59. The molecule has 0 saturated carbocycles. The first-order valence-corrected chi connectivity index (χ1v) is 23.1. The first-order chi connectivity index (χ1) is 31.5. The summed E-state index contributed by atoms with van der Waals surface area (Å²) in [6.45, 7) is 7.01. The zero-order valence-electron chi connectivity index (χ0n) is 37.0. The van der Waals surface area contributed by atoms with Crippen LogP contribution in [0.2, 0.25) is 0 Å². The molecule has 0 unspecified atom stereocenters. The zero-order valence-corrected chi connectivity index (χ0v) is 38.6. The van der Waals surface area contributed by atoms with Gasteiger partial charge in [-0.2, -0.15) is 4.99 Å². The Labute approximate surface area is 388 Å². The van der Waals surface area contributed by atoms with Crippen molar-refractivity contribution < 1.29 is 65.7 Å². The molecule has 21 nitrogen and oxygen atoms in total. The van der Waals surface area contributed by atoms with E-state index in [4.69, 9.17) is 32.7 Å². The highest BCUT2D eigenvalue weighted by Crippen LogP contribution is 2.49. The standard InChI is InChI=1S/C43H43N6O12S.CH4O3S/c1-25(2)36-37-26(3)34(38(46(37)39(36)50)42(53)60-40(51)27-12-16-30(17-13-27)47(54)55)23-58-35-11-7-9-32-29(8-6-10-33(32)35)22-49(4,5)20-21-62-43(44)45-24-59-61-41(52)28-14-18-31(19-15-28)48(56)57;1-5(2,3)4/h6-19,24-26,36-37,44H,20-23H2,1-5H3;1H3,(H,2,3,4)/q+1;/p-1/t26-,36+,37+;/m0./s1. The van der Waals surface area contributed by atoms with Crippen LogP contribution in [0.4, 0.5) is 11.4 Å². The number of amidine groups is 1. The number of non-ortho nitro benzene ring substituents is 2. The highest BCUT2D eigenvalue weighted by molar-refractivity contribution is 8.13. The van der Waals surface area contributed by atoms with Crippen LogP contribution in [0.5, 0.6) is 5.75 Å². The third kappa shape index (κ3) is 13.1. The number of nitro benzene ring substituents is 2. The zero-order chi connectivity index (χ0) is 49.4. The van der Waals surface area contributed by atoms with Crippen molar-refractivity contribution in [1.29, 1.82) is 5.41 Å². The number of benzene rings is 4. The van der Waals surface area contributed by atoms with E-state index in [-0.39, 0.29) is 69.7 Å². The fourth-order valence-electron chi connectivity index (χ4n) is 7.56. The Morgan fingerprint density at radius 3 is 2.01 bits per heavy atom. The van der Waals surface area contributed by atoms with E-state index in [9.17, 15) is 39.4 Å². The first kappa shape index (κ1) is 50.9. The van der Waals surface area contributed by atoms with Crippen molar-refractivity contribution in [3.63, 3.8) is 0 Å². The summed E-state index contributed by atoms with van der Waals surface area (Å²) in [6, 6.07) is 20.7. The van der Waals surface area contributed by atoms with Crippen molar-refractivity contribution in [1.82, 2.24) is 4.90 Å². The molecular weight excluding hydrogens is 917 g/mol. The third-order valence-corrected chi connectivity index (χ3v) is 11.5. The molecule has 4 aromatic rings. The quantitative estimate of drug-likeness (QED) is 0.0128. The number of thioether (sulfide) groups is 1. The molecular formula is C44H46N6O15S2. The summed E-state index contributed by atoms with van der Waals surface area (Å²) in [4.78, 5) is 87.5. The maximum atomic E-state index is 13.7. The fraction of sp³-hybridized carbons (Fsp3) is 0.318. The molecule has 2 heterocycles. The van der Waals surface area contributed by atoms with Gasteiger partial charge in [-0.25, -0.2) is 27.7 Å². The van der Waals surface area contributed by atoms with Gasteiger partial charge in [-0.3, -0.25) is 35.3 Å². The topological polar surface area (TPSA) is 288 Å². The van der Waals surface area contributed by atoms with Gasteiger partial charge in [0.15, 0.2) is 5.17 Å². The Hall–Kier alpha value is -7.08. The number of fused-ring (bicyclic) bond motifs is 2. The summed E-state index contributed by atoms with van der Waals surface area (Å²) < 4.78 is 39.5. The van der Waals surface area contributed by atoms with E-state index in [1.165, 1.54) is 40.9 Å². The lowest BCUT2D eigenvalue weighted by Gasteiger charge is -2.47. The molecule has 4 aromatic carbocycles. The van der Waals surface area contributed by atoms with Crippen LogP contribution >= 0.6 is 11.8 Å². The number of amides is 1. The molecule has 354 valence electrons. The summed E-state index contributed by atoms with van der Waals surface area (Å²) in [5.74, 6) is -2.69. The molecule has 1 saturated heterocycles. The van der Waals surface area contributed by atoms with Crippen LogP contribution in [0.1, 0.15) is 47.1 Å². The second kappa shape index (κ2) is 21.5. The minimum Gasteiger partial charge on any atom is -0.748 e. The van der Waals surface area contributed by atoms with Gasteiger partial charge in [-0.1, -0.05) is 62.9 Å². The molecule has 0 spiro atoms. The molecule has 0 aromatic heterocycles. The predicted molar refractivity (Wildman–Crippen MR) is 243 cm³/mol. The van der Waals surface area contributed by atoms with Crippen LogP contribution < -0.4 is 4.74 Å². The second-order valence-electron chi connectivity index (χ2n) is 16.3. The average Bonchev–Trinajstić information content (AvgIpc) is 3.50. The molecule has 23 heteroatoms. The molecule has 2 aliphatic rings. The van der Waals surface area contributed by atoms with Crippen LogP contribution in [0.25, 0.3) is 10.8 Å². The molecule has 1 fully saturated rings. The van der Waals surface area contributed by atoms with Crippen molar-refractivity contribution in [2.75, 3.05) is 39.3 Å². The molecule has 2 aliphatic heterocycles. The van der Waals surface area contributed by atoms with Crippen molar-refractivity contribution in [2.45, 2.75) is 33.4 Å². The van der Waals surface area contributed by atoms with Crippen molar-refractivity contribution in [2.24, 2.45) is 22.7 Å². The number of ether oxygens (including phenoxy) is 2. The van der Waals surface area contributed by atoms with E-state index < -0.39 is 37.9 Å². The van der Waals surface area contributed by atoms with Crippen LogP contribution in [-0.2, 0) is 40.8 Å². The Morgan fingerprint density at radius 2 is 1.45 bits per heavy atom. The van der Waals surface area contributed by atoms with Gasteiger partial charge in [0, 0.05) is 53.0 Å². The molecule has 67 heavy (non-hydrogen) atoms. The lowest BCUT2D eigenvalue weighted by molar-refractivity contribution is -0.901. The number of hydrogen-bond donors (Lipinski definition) is 1. The summed E-state index contributed by atoms with van der Waals surface area (Å²) in [7, 11) is 0.202. The van der Waals surface area contributed by atoms with Gasteiger partial charge in [0.25, 0.3) is 11.4 Å². The summed E-state index contributed by atoms with van der Waals surface area (Å²) in [6.07, 6.45) is 1.42. The van der Waals surface area contributed by atoms with E-state index in [1.807, 2.05) is 57.2 Å². The monoisotopic (exact) mass is 962 g/mol. The first-order valence-electron chi connectivity index (χ1n) is 20.3. The van der Waals surface area contributed by atoms with Crippen LogP contribution in [0.3, 0.4) is 0 Å². The summed E-state index contributed by atoms with van der Waals surface area (Å²) in [5.41, 5.74) is 1.09. The molecule has 0 aliphatic carbocycles. The van der Waals surface area contributed by atoms with Gasteiger partial charge in [-0.15, -0.1) is 0 Å². The summed E-state index contributed by atoms with van der Waals surface area (Å²) in [5, 5.41) is 31.7. The van der Waals surface area contributed by atoms with E-state index in [2.05, 4.69) is 24.0 Å². The number of nitrogens with one attached hydrogen (secondary N) is 1. The smallest absolute Gasteiger partial charge is 0.386 e. The fourth-order valence-corrected chi connectivity index (χ4v) is 8.45. The molecule has 1 amide bonds. The Kier molecular flexibility index (Phi) is 16.3. The lowest BCUT2D eigenvalue weighted by atomic mass is 9.74. The number of quaternary nitrogens is 1. The number of rotatable bonds is 16. The molecule has 3 atom stereocenters. The van der Waals surface area contributed by atoms with Gasteiger partial charge >= 0.3 is 17.9 Å². The molecule has 6 rings (SSSR count). The van der Waals surface area contributed by atoms with Gasteiger partial charge in [0.1, 0.15) is 24.6 Å². The van der Waals surface area contributed by atoms with E-state index in [1.54, 1.807) is 0 Å². The maximum Gasteiger partial charge on any atom is 0.386 e. The average molecular weight is 963 g/mol. The number of carbonyl (C=O) groups excluding carboxylic acids is 4. The second-order valence-corrected chi connectivity index (χ2v) is 18.8. The number of carbonyl (C=O) groups is 4. The lowest BCUT2D eigenvalue weighted by Crippen LogP contribution is -2.62. The SMILES string of the molecule is CC(C)[C@H]1C(=O)N2C(C(=O)OC(=O)c3ccc([N+](=O)[O-])cc3)=C(COc3cccc4c(C[N+](C)(C)CCSC(=N)N=COOC(=O)c5ccc([N+](=O)[O-])cc5)cccc34)[C@H](C)[C@H]12.CS(=O)(=O)[O-]. The van der Waals surface area contributed by atoms with E-state index in [0.29, 0.717) is 40.9 Å². The number of aliphatic imine (C=N–C) groups is 1. The van der Waals surface area contributed by atoms with Crippen LogP contribution in [0, 0.1) is 43.4 Å². The highest BCUT2D eigenvalue weighted by atomic mass is 32.2. The Bertz CT molecular complexity index is 2750. The summed E-state index contributed by atoms with van der Waals surface area (Å²) >= 11 is 1.17. The Morgan fingerprint density at radius 1 is 0.896 bits per heavy atom. The number of esters is 2. The van der Waals surface area contributed by atoms with E-state index >= 15 is 0 Å². The number of nitro groups is 2. The Balaban J connectivity index is 0.00000159. The predicted octanol–water partition coefficient (Wildman–Crippen LogP) is 6.03. The molecule has 0 bridgehead atoms. The minimum absolute atomic E-state index is 0.000860. The number of β-lactam (4-membered cyclic amide) rings is 1. The number of hydrogen-bond acceptors (Lipinski definition) is 17. The molecule has 0 radical (unpaired) electrons. The number of nitrogens with zero attached hydrogens (tertiary/aromatic N) is 5. The van der Waals surface area contributed by atoms with Gasteiger partial charge < -0.3 is 23.4 Å². The van der Waals surface area contributed by atoms with Crippen LogP contribution in [-0.4, -0.2) is 113 Å². The van der Waals surface area contributed by atoms with Crippen LogP contribution in [0.15, 0.2) is 101 Å². The van der Waals surface area contributed by atoms with Gasteiger partial charge in [-0.05, 0) is 41.6 Å².